The third kappa shape index (κ3) is 4.88. The van der Waals surface area contributed by atoms with Gasteiger partial charge in [-0.05, 0) is 43.4 Å². The number of hydrogen-bond donors (Lipinski definition) is 4. The van der Waals surface area contributed by atoms with E-state index < -0.39 is 6.04 Å². The number of halogens is 1. The fraction of sp³-hybridized carbons (Fsp3) is 0.533. The highest BCUT2D eigenvalue weighted by molar-refractivity contribution is 6.30. The van der Waals surface area contributed by atoms with E-state index in [4.69, 9.17) is 11.6 Å². The second-order valence-electron chi connectivity index (χ2n) is 5.41. The van der Waals surface area contributed by atoms with Crippen LogP contribution in [-0.4, -0.2) is 35.0 Å². The van der Waals surface area contributed by atoms with Crippen molar-refractivity contribution in [2.24, 2.45) is 0 Å². The Labute approximate surface area is 129 Å². The molecule has 4 N–H and O–H groups in total. The van der Waals surface area contributed by atoms with Crippen LogP contribution in [0.5, 0.6) is 0 Å². The summed E-state index contributed by atoms with van der Waals surface area (Å²) in [6, 6.07) is 6.32. The number of aliphatic hydroxyl groups is 2. The van der Waals surface area contributed by atoms with Crippen LogP contribution in [0.3, 0.4) is 0 Å². The molecule has 0 bridgehead atoms. The molecular formula is C15H21ClN2O3. The molecule has 0 aliphatic heterocycles. The van der Waals surface area contributed by atoms with Crippen LogP contribution in [0.4, 0.5) is 4.79 Å². The maximum Gasteiger partial charge on any atom is 0.315 e. The average Bonchev–Trinajstić information content (AvgIpc) is 2.48. The predicted octanol–water partition coefficient (Wildman–Crippen LogP) is 1.98. The van der Waals surface area contributed by atoms with Crippen molar-refractivity contribution in [3.05, 3.63) is 34.9 Å². The molecule has 1 fully saturated rings. The Balaban J connectivity index is 1.86. The standard InChI is InChI=1S/C15H21ClN2O3/c16-11-3-1-10(2-4-11)14(9-19)18-15(21)17-12-5-7-13(20)8-6-12/h1-4,12-14,19-20H,5-9H2,(H2,17,18,21). The smallest absolute Gasteiger partial charge is 0.315 e. The number of rotatable bonds is 4. The number of aliphatic hydroxyl groups excluding tert-OH is 2. The van der Waals surface area contributed by atoms with E-state index in [-0.39, 0.29) is 24.8 Å². The lowest BCUT2D eigenvalue weighted by Gasteiger charge is -2.27. The molecule has 116 valence electrons. The van der Waals surface area contributed by atoms with Crippen LogP contribution in [0.1, 0.15) is 37.3 Å². The van der Waals surface area contributed by atoms with E-state index in [0.29, 0.717) is 17.9 Å². The number of carbonyl (C=O) groups excluding carboxylic acids is 1. The minimum Gasteiger partial charge on any atom is -0.394 e. The number of hydrogen-bond acceptors (Lipinski definition) is 3. The normalized spacial score (nSPS) is 23.4. The maximum atomic E-state index is 12.0. The largest absolute Gasteiger partial charge is 0.394 e. The third-order valence-electron chi connectivity index (χ3n) is 3.79. The molecule has 2 amide bonds. The quantitative estimate of drug-likeness (QED) is 0.686. The van der Waals surface area contributed by atoms with Gasteiger partial charge in [0.1, 0.15) is 0 Å². The first-order valence-corrected chi connectivity index (χ1v) is 7.57. The molecule has 1 aromatic carbocycles. The molecule has 1 aliphatic carbocycles. The van der Waals surface area contributed by atoms with E-state index in [0.717, 1.165) is 18.4 Å². The molecule has 0 heterocycles. The Morgan fingerprint density at radius 1 is 1.24 bits per heavy atom. The summed E-state index contributed by atoms with van der Waals surface area (Å²) in [5, 5.41) is 25.1. The van der Waals surface area contributed by atoms with E-state index >= 15 is 0 Å². The fourth-order valence-electron chi connectivity index (χ4n) is 2.53. The molecule has 1 atom stereocenters. The molecule has 1 aromatic rings. The first kappa shape index (κ1) is 16.1. The Kier molecular flexibility index (Phi) is 5.85. The maximum absolute atomic E-state index is 12.0. The molecular weight excluding hydrogens is 292 g/mol. The highest BCUT2D eigenvalue weighted by Gasteiger charge is 2.22. The lowest BCUT2D eigenvalue weighted by atomic mass is 9.93. The van der Waals surface area contributed by atoms with Crippen molar-refractivity contribution in [1.82, 2.24) is 10.6 Å². The van der Waals surface area contributed by atoms with Crippen LogP contribution in [0.15, 0.2) is 24.3 Å². The van der Waals surface area contributed by atoms with Crippen LogP contribution in [0.2, 0.25) is 5.02 Å². The van der Waals surface area contributed by atoms with Crippen LogP contribution in [0.25, 0.3) is 0 Å². The van der Waals surface area contributed by atoms with Gasteiger partial charge in [0.25, 0.3) is 0 Å². The lowest BCUT2D eigenvalue weighted by molar-refractivity contribution is 0.117. The van der Waals surface area contributed by atoms with Crippen molar-refractivity contribution >= 4 is 17.6 Å². The lowest BCUT2D eigenvalue weighted by Crippen LogP contribution is -2.45. The SMILES string of the molecule is O=C(NC1CCC(O)CC1)NC(CO)c1ccc(Cl)cc1. The van der Waals surface area contributed by atoms with Gasteiger partial charge in [0.2, 0.25) is 0 Å². The van der Waals surface area contributed by atoms with Gasteiger partial charge >= 0.3 is 6.03 Å². The summed E-state index contributed by atoms with van der Waals surface area (Å²) in [7, 11) is 0. The Bertz CT molecular complexity index is 458. The molecule has 2 rings (SSSR count). The highest BCUT2D eigenvalue weighted by atomic mass is 35.5. The van der Waals surface area contributed by atoms with Crippen LogP contribution in [0, 0.1) is 0 Å². The van der Waals surface area contributed by atoms with E-state index in [9.17, 15) is 15.0 Å². The van der Waals surface area contributed by atoms with Crippen molar-refractivity contribution in [1.29, 1.82) is 0 Å². The Hall–Kier alpha value is -1.30. The highest BCUT2D eigenvalue weighted by Crippen LogP contribution is 2.19. The average molecular weight is 313 g/mol. The van der Waals surface area contributed by atoms with Crippen molar-refractivity contribution in [2.45, 2.75) is 43.9 Å². The van der Waals surface area contributed by atoms with Gasteiger partial charge in [0.15, 0.2) is 0 Å². The number of urea groups is 1. The van der Waals surface area contributed by atoms with Crippen molar-refractivity contribution in [2.75, 3.05) is 6.61 Å². The van der Waals surface area contributed by atoms with Crippen molar-refractivity contribution in [3.63, 3.8) is 0 Å². The molecule has 5 nitrogen and oxygen atoms in total. The molecule has 1 aliphatic rings. The van der Waals surface area contributed by atoms with E-state index in [1.807, 2.05) is 0 Å². The molecule has 0 spiro atoms. The van der Waals surface area contributed by atoms with Gasteiger partial charge < -0.3 is 20.8 Å². The second kappa shape index (κ2) is 7.64. The van der Waals surface area contributed by atoms with Gasteiger partial charge in [-0.15, -0.1) is 0 Å². The summed E-state index contributed by atoms with van der Waals surface area (Å²) in [5.41, 5.74) is 0.802. The van der Waals surface area contributed by atoms with Gasteiger partial charge in [-0.3, -0.25) is 0 Å². The summed E-state index contributed by atoms with van der Waals surface area (Å²) in [6.07, 6.45) is 2.74. The summed E-state index contributed by atoms with van der Waals surface area (Å²) >= 11 is 5.82. The van der Waals surface area contributed by atoms with Gasteiger partial charge in [0, 0.05) is 11.1 Å². The summed E-state index contributed by atoms with van der Waals surface area (Å²) in [6.45, 7) is -0.182. The van der Waals surface area contributed by atoms with Crippen LogP contribution < -0.4 is 10.6 Å². The molecule has 0 radical (unpaired) electrons. The third-order valence-corrected chi connectivity index (χ3v) is 4.04. The molecule has 1 saturated carbocycles. The van der Waals surface area contributed by atoms with E-state index in [1.54, 1.807) is 24.3 Å². The van der Waals surface area contributed by atoms with Gasteiger partial charge in [0.05, 0.1) is 18.8 Å². The molecule has 0 saturated heterocycles. The predicted molar refractivity (Wildman–Crippen MR) is 81.2 cm³/mol. The molecule has 0 aromatic heterocycles. The molecule has 1 unspecified atom stereocenters. The first-order valence-electron chi connectivity index (χ1n) is 7.20. The first-order chi connectivity index (χ1) is 10.1. The van der Waals surface area contributed by atoms with E-state index in [2.05, 4.69) is 10.6 Å². The Morgan fingerprint density at radius 3 is 2.43 bits per heavy atom. The minimum atomic E-state index is -0.462. The Morgan fingerprint density at radius 2 is 1.86 bits per heavy atom. The number of amides is 2. The molecule has 6 heteroatoms. The fourth-order valence-corrected chi connectivity index (χ4v) is 2.66. The minimum absolute atomic E-state index is 0.0814. The van der Waals surface area contributed by atoms with Gasteiger partial charge in [-0.2, -0.15) is 0 Å². The number of nitrogens with one attached hydrogen (secondary N) is 2. The van der Waals surface area contributed by atoms with Gasteiger partial charge in [-0.1, -0.05) is 23.7 Å². The van der Waals surface area contributed by atoms with Crippen molar-refractivity contribution < 1.29 is 15.0 Å². The number of carbonyl (C=O) groups is 1. The zero-order chi connectivity index (χ0) is 15.2. The topological polar surface area (TPSA) is 81.6 Å². The summed E-state index contributed by atoms with van der Waals surface area (Å²) in [4.78, 5) is 12.0. The van der Waals surface area contributed by atoms with Crippen LogP contribution in [-0.2, 0) is 0 Å². The molecule has 21 heavy (non-hydrogen) atoms. The van der Waals surface area contributed by atoms with Crippen LogP contribution >= 0.6 is 11.6 Å². The second-order valence-corrected chi connectivity index (χ2v) is 5.85. The van der Waals surface area contributed by atoms with E-state index in [1.165, 1.54) is 0 Å². The monoisotopic (exact) mass is 312 g/mol. The van der Waals surface area contributed by atoms with Gasteiger partial charge in [-0.25, -0.2) is 4.79 Å². The summed E-state index contributed by atoms with van der Waals surface area (Å²) in [5.74, 6) is 0. The number of benzene rings is 1. The van der Waals surface area contributed by atoms with Crippen molar-refractivity contribution in [3.8, 4) is 0 Å². The zero-order valence-electron chi connectivity index (χ0n) is 11.8. The summed E-state index contributed by atoms with van der Waals surface area (Å²) < 4.78 is 0. The zero-order valence-corrected chi connectivity index (χ0v) is 12.5.